The number of hydrogen-bond acceptors (Lipinski definition) is 4. The van der Waals surface area contributed by atoms with Crippen LogP contribution in [0.15, 0.2) is 23.1 Å². The van der Waals surface area contributed by atoms with Crippen LogP contribution < -0.4 is 5.32 Å². The van der Waals surface area contributed by atoms with Crippen LogP contribution in [0.25, 0.3) is 0 Å². The van der Waals surface area contributed by atoms with Crippen molar-refractivity contribution in [3.8, 4) is 0 Å². The summed E-state index contributed by atoms with van der Waals surface area (Å²) in [6.07, 6.45) is 1.27. The maximum atomic E-state index is 13.2. The lowest BCUT2D eigenvalue weighted by molar-refractivity contribution is -0.120. The van der Waals surface area contributed by atoms with Gasteiger partial charge in [-0.1, -0.05) is 17.7 Å². The Bertz CT molecular complexity index is 1020. The van der Waals surface area contributed by atoms with Crippen LogP contribution in [-0.2, 0) is 21.9 Å². The Balaban J connectivity index is 1.80. The zero-order valence-corrected chi connectivity index (χ0v) is 18.1. The molecule has 1 saturated heterocycles. The average molecular weight is 425 g/mol. The van der Waals surface area contributed by atoms with Crippen LogP contribution in [0.5, 0.6) is 0 Å². The van der Waals surface area contributed by atoms with E-state index in [0.29, 0.717) is 41.5 Å². The van der Waals surface area contributed by atoms with Crippen molar-refractivity contribution >= 4 is 33.2 Å². The van der Waals surface area contributed by atoms with Gasteiger partial charge in [0.25, 0.3) is 0 Å². The molecule has 0 radical (unpaired) electrons. The number of piperidine rings is 1. The number of anilines is 1. The van der Waals surface area contributed by atoms with Gasteiger partial charge in [0.1, 0.15) is 4.90 Å². The number of amides is 1. The summed E-state index contributed by atoms with van der Waals surface area (Å²) >= 11 is 6.12. The standard InChI is InChI=1S/C19H25ClN4O3S/c1-12-16(20)8-5-9-17(12)21-19(25)15-7-6-10-24(11-15)28(26,27)18-13(2)22-23(4)14(18)3/h5,8-9,15H,6-7,10-11H2,1-4H3,(H,21,25)/t15-/m0/s1. The minimum absolute atomic E-state index is 0.154. The lowest BCUT2D eigenvalue weighted by atomic mass is 9.98. The number of rotatable bonds is 4. The number of sulfonamides is 1. The van der Waals surface area contributed by atoms with Crippen LogP contribution in [0.1, 0.15) is 29.8 Å². The lowest BCUT2D eigenvalue weighted by Gasteiger charge is -2.31. The molecule has 0 unspecified atom stereocenters. The molecule has 1 N–H and O–H groups in total. The highest BCUT2D eigenvalue weighted by Gasteiger charge is 2.36. The van der Waals surface area contributed by atoms with Crippen molar-refractivity contribution in [1.82, 2.24) is 14.1 Å². The average Bonchev–Trinajstić information content (AvgIpc) is 2.91. The Labute approximate surface area is 170 Å². The fraction of sp³-hybridized carbons (Fsp3) is 0.474. The van der Waals surface area contributed by atoms with Crippen molar-refractivity contribution < 1.29 is 13.2 Å². The summed E-state index contributed by atoms with van der Waals surface area (Å²) in [4.78, 5) is 13.0. The number of benzene rings is 1. The quantitative estimate of drug-likeness (QED) is 0.817. The van der Waals surface area contributed by atoms with Crippen molar-refractivity contribution in [2.24, 2.45) is 13.0 Å². The van der Waals surface area contributed by atoms with Crippen LogP contribution in [0.3, 0.4) is 0 Å². The molecule has 1 atom stereocenters. The molecule has 0 spiro atoms. The summed E-state index contributed by atoms with van der Waals surface area (Å²) in [7, 11) is -1.98. The van der Waals surface area contributed by atoms with Crippen LogP contribution in [0.4, 0.5) is 5.69 Å². The van der Waals surface area contributed by atoms with E-state index in [4.69, 9.17) is 11.6 Å². The molecular weight excluding hydrogens is 400 g/mol. The van der Waals surface area contributed by atoms with Crippen molar-refractivity contribution in [3.05, 3.63) is 40.2 Å². The van der Waals surface area contributed by atoms with E-state index in [-0.39, 0.29) is 17.3 Å². The van der Waals surface area contributed by atoms with Crippen LogP contribution in [-0.4, -0.2) is 41.5 Å². The Morgan fingerprint density at radius 1 is 1.29 bits per heavy atom. The number of aromatic nitrogens is 2. The van der Waals surface area contributed by atoms with E-state index in [1.807, 2.05) is 6.92 Å². The Hall–Kier alpha value is -1.90. The first-order chi connectivity index (χ1) is 13.1. The van der Waals surface area contributed by atoms with Gasteiger partial charge in [0, 0.05) is 30.8 Å². The number of aryl methyl sites for hydroxylation is 2. The molecule has 7 nitrogen and oxygen atoms in total. The van der Waals surface area contributed by atoms with Crippen molar-refractivity contribution in [3.63, 3.8) is 0 Å². The van der Waals surface area contributed by atoms with Crippen LogP contribution >= 0.6 is 11.6 Å². The number of carbonyl (C=O) groups is 1. The molecule has 1 aliphatic heterocycles. The van der Waals surface area contributed by atoms with Gasteiger partial charge in [-0.3, -0.25) is 9.48 Å². The van der Waals surface area contributed by atoms with Gasteiger partial charge in [0.15, 0.2) is 0 Å². The predicted molar refractivity (Wildman–Crippen MR) is 109 cm³/mol. The van der Waals surface area contributed by atoms with Gasteiger partial charge in [-0.15, -0.1) is 0 Å². The fourth-order valence-electron chi connectivity index (χ4n) is 3.61. The zero-order valence-electron chi connectivity index (χ0n) is 16.5. The predicted octanol–water partition coefficient (Wildman–Crippen LogP) is 3.04. The smallest absolute Gasteiger partial charge is 0.246 e. The molecule has 28 heavy (non-hydrogen) atoms. The highest BCUT2D eigenvalue weighted by Crippen LogP contribution is 2.29. The molecule has 1 aromatic carbocycles. The summed E-state index contributed by atoms with van der Waals surface area (Å²) in [5.74, 6) is -0.607. The molecular formula is C19H25ClN4O3S. The third-order valence-electron chi connectivity index (χ3n) is 5.32. The molecule has 1 aromatic heterocycles. The number of hydrogen-bond donors (Lipinski definition) is 1. The zero-order chi connectivity index (χ0) is 20.6. The van der Waals surface area contributed by atoms with Crippen LogP contribution in [0.2, 0.25) is 5.02 Å². The van der Waals surface area contributed by atoms with Gasteiger partial charge in [-0.05, 0) is 51.3 Å². The van der Waals surface area contributed by atoms with Gasteiger partial charge in [-0.2, -0.15) is 9.40 Å². The summed E-state index contributed by atoms with van der Waals surface area (Å²) in [5.41, 5.74) is 2.51. The maximum absolute atomic E-state index is 13.2. The Morgan fingerprint density at radius 2 is 2.00 bits per heavy atom. The molecule has 0 saturated carbocycles. The fourth-order valence-corrected chi connectivity index (χ4v) is 5.71. The van der Waals surface area contributed by atoms with Gasteiger partial charge in [0.2, 0.25) is 15.9 Å². The number of nitrogens with zero attached hydrogens (tertiary/aromatic N) is 3. The molecule has 1 amide bonds. The van der Waals surface area contributed by atoms with Gasteiger partial charge < -0.3 is 5.32 Å². The normalized spacial score (nSPS) is 18.2. The molecule has 2 heterocycles. The second-order valence-corrected chi connectivity index (χ2v) is 9.51. The maximum Gasteiger partial charge on any atom is 0.246 e. The van der Waals surface area contributed by atoms with Gasteiger partial charge in [0.05, 0.1) is 17.3 Å². The topological polar surface area (TPSA) is 84.3 Å². The first-order valence-electron chi connectivity index (χ1n) is 9.19. The van der Waals surface area contributed by atoms with E-state index in [9.17, 15) is 13.2 Å². The second kappa shape index (κ2) is 7.85. The van der Waals surface area contributed by atoms with Crippen molar-refractivity contribution in [1.29, 1.82) is 0 Å². The molecule has 0 aliphatic carbocycles. The van der Waals surface area contributed by atoms with E-state index >= 15 is 0 Å². The lowest BCUT2D eigenvalue weighted by Crippen LogP contribution is -2.44. The van der Waals surface area contributed by atoms with E-state index < -0.39 is 15.9 Å². The minimum atomic E-state index is -3.71. The Kier molecular flexibility index (Phi) is 5.84. The summed E-state index contributed by atoms with van der Waals surface area (Å²) in [5, 5.41) is 7.69. The van der Waals surface area contributed by atoms with Gasteiger partial charge >= 0.3 is 0 Å². The summed E-state index contributed by atoms with van der Waals surface area (Å²) in [6, 6.07) is 5.33. The van der Waals surface area contributed by atoms with E-state index in [2.05, 4.69) is 10.4 Å². The summed E-state index contributed by atoms with van der Waals surface area (Å²) < 4.78 is 29.4. The number of carbonyl (C=O) groups excluding carboxylic acids is 1. The number of halogens is 1. The van der Waals surface area contributed by atoms with Crippen molar-refractivity contribution in [2.45, 2.75) is 38.5 Å². The highest BCUT2D eigenvalue weighted by atomic mass is 35.5. The molecule has 1 fully saturated rings. The first kappa shape index (κ1) is 20.8. The molecule has 9 heteroatoms. The third kappa shape index (κ3) is 3.81. The number of nitrogens with one attached hydrogen (secondary N) is 1. The molecule has 0 bridgehead atoms. The third-order valence-corrected chi connectivity index (χ3v) is 7.85. The largest absolute Gasteiger partial charge is 0.326 e. The molecule has 152 valence electrons. The molecule has 1 aliphatic rings. The minimum Gasteiger partial charge on any atom is -0.326 e. The summed E-state index contributed by atoms with van der Waals surface area (Å²) in [6.45, 7) is 5.82. The first-order valence-corrected chi connectivity index (χ1v) is 11.0. The highest BCUT2D eigenvalue weighted by molar-refractivity contribution is 7.89. The van der Waals surface area contributed by atoms with Gasteiger partial charge in [-0.25, -0.2) is 8.42 Å². The monoisotopic (exact) mass is 424 g/mol. The second-order valence-electron chi connectivity index (χ2n) is 7.23. The van der Waals surface area contributed by atoms with Crippen LogP contribution in [0, 0.1) is 26.7 Å². The molecule has 2 aromatic rings. The van der Waals surface area contributed by atoms with E-state index in [1.165, 1.54) is 4.31 Å². The van der Waals surface area contributed by atoms with Crippen molar-refractivity contribution in [2.75, 3.05) is 18.4 Å². The molecule has 3 rings (SSSR count). The van der Waals surface area contributed by atoms with E-state index in [1.54, 1.807) is 43.8 Å². The van der Waals surface area contributed by atoms with E-state index in [0.717, 1.165) is 5.56 Å². The SMILES string of the molecule is Cc1nn(C)c(C)c1S(=O)(=O)N1CCC[C@H](C(=O)Nc2cccc(Cl)c2C)C1. The Morgan fingerprint density at radius 3 is 2.64 bits per heavy atom.